The van der Waals surface area contributed by atoms with Gasteiger partial charge in [-0.3, -0.25) is 14.5 Å². The standard InChI is InChI=1S/C22H24ClFN2O3/c1-15(27)17-4-3-5-20(12-17)29-16(2)22(28)26-10-8-25(9-11-26)14-18-6-7-19(24)13-21(18)23/h3-7,12-13,16H,8-11,14H2,1-2H3. The van der Waals surface area contributed by atoms with Crippen molar-refractivity contribution in [2.45, 2.75) is 26.5 Å². The number of nitrogens with zero attached hydrogens (tertiary/aromatic N) is 2. The number of hydrogen-bond donors (Lipinski definition) is 0. The van der Waals surface area contributed by atoms with E-state index in [9.17, 15) is 14.0 Å². The summed E-state index contributed by atoms with van der Waals surface area (Å²) in [5, 5.41) is 0.415. The minimum absolute atomic E-state index is 0.0493. The van der Waals surface area contributed by atoms with Crippen molar-refractivity contribution < 1.29 is 18.7 Å². The smallest absolute Gasteiger partial charge is 0.263 e. The van der Waals surface area contributed by atoms with Crippen LogP contribution in [0.25, 0.3) is 0 Å². The Balaban J connectivity index is 1.52. The third-order valence-electron chi connectivity index (χ3n) is 4.99. The van der Waals surface area contributed by atoms with E-state index in [4.69, 9.17) is 16.3 Å². The summed E-state index contributed by atoms with van der Waals surface area (Å²) in [6.07, 6.45) is -0.643. The quantitative estimate of drug-likeness (QED) is 0.670. The fourth-order valence-corrected chi connectivity index (χ4v) is 3.54. The molecule has 0 aliphatic carbocycles. The van der Waals surface area contributed by atoms with Crippen LogP contribution in [0.2, 0.25) is 5.02 Å². The molecule has 2 aromatic carbocycles. The van der Waals surface area contributed by atoms with Crippen molar-refractivity contribution in [2.24, 2.45) is 0 Å². The second kappa shape index (κ2) is 9.37. The third kappa shape index (κ3) is 5.55. The molecule has 1 aliphatic heterocycles. The molecule has 1 unspecified atom stereocenters. The maximum absolute atomic E-state index is 13.2. The number of hydrogen-bond acceptors (Lipinski definition) is 4. The Morgan fingerprint density at radius 2 is 1.86 bits per heavy atom. The predicted molar refractivity (Wildman–Crippen MR) is 110 cm³/mol. The molecule has 0 spiro atoms. The van der Waals surface area contributed by atoms with Gasteiger partial charge < -0.3 is 9.64 Å². The van der Waals surface area contributed by atoms with E-state index in [-0.39, 0.29) is 17.5 Å². The normalized spacial score (nSPS) is 15.8. The van der Waals surface area contributed by atoms with E-state index >= 15 is 0 Å². The molecule has 1 aliphatic rings. The highest BCUT2D eigenvalue weighted by Gasteiger charge is 2.26. The van der Waals surface area contributed by atoms with Crippen LogP contribution in [-0.2, 0) is 11.3 Å². The highest BCUT2D eigenvalue weighted by atomic mass is 35.5. The van der Waals surface area contributed by atoms with Crippen molar-refractivity contribution in [3.8, 4) is 5.75 Å². The third-order valence-corrected chi connectivity index (χ3v) is 5.35. The molecule has 29 heavy (non-hydrogen) atoms. The molecule has 2 aromatic rings. The molecular formula is C22H24ClFN2O3. The highest BCUT2D eigenvalue weighted by molar-refractivity contribution is 6.31. The number of ether oxygens (including phenoxy) is 1. The molecule has 1 amide bonds. The Hall–Kier alpha value is -2.44. The van der Waals surface area contributed by atoms with E-state index in [1.54, 1.807) is 42.2 Å². The lowest BCUT2D eigenvalue weighted by Gasteiger charge is -2.36. The molecule has 0 saturated carbocycles. The van der Waals surface area contributed by atoms with Crippen molar-refractivity contribution in [2.75, 3.05) is 26.2 Å². The molecule has 5 nitrogen and oxygen atoms in total. The van der Waals surface area contributed by atoms with Gasteiger partial charge in [0, 0.05) is 43.3 Å². The predicted octanol–water partition coefficient (Wildman–Crippen LogP) is 3.79. The van der Waals surface area contributed by atoms with E-state index < -0.39 is 6.10 Å². The van der Waals surface area contributed by atoms with E-state index in [1.165, 1.54) is 19.1 Å². The SMILES string of the molecule is CC(=O)c1cccc(OC(C)C(=O)N2CCN(Cc3ccc(F)cc3Cl)CC2)c1. The number of benzene rings is 2. The van der Waals surface area contributed by atoms with Crippen LogP contribution in [0.15, 0.2) is 42.5 Å². The molecule has 154 valence electrons. The van der Waals surface area contributed by atoms with Gasteiger partial charge in [-0.25, -0.2) is 4.39 Å². The van der Waals surface area contributed by atoms with Gasteiger partial charge in [0.15, 0.2) is 11.9 Å². The molecule has 0 radical (unpaired) electrons. The number of piperazine rings is 1. The fraction of sp³-hybridized carbons (Fsp3) is 0.364. The molecule has 1 heterocycles. The van der Waals surface area contributed by atoms with Gasteiger partial charge in [-0.2, -0.15) is 0 Å². The Kier molecular flexibility index (Phi) is 6.87. The Morgan fingerprint density at radius 3 is 2.52 bits per heavy atom. The molecular weight excluding hydrogens is 395 g/mol. The second-order valence-corrected chi connectivity index (χ2v) is 7.59. The van der Waals surface area contributed by atoms with Crippen molar-refractivity contribution in [1.29, 1.82) is 0 Å². The Labute approximate surface area is 175 Å². The average molecular weight is 419 g/mol. The summed E-state index contributed by atoms with van der Waals surface area (Å²) in [5.74, 6) is 0.0182. The lowest BCUT2D eigenvalue weighted by molar-refractivity contribution is -0.139. The van der Waals surface area contributed by atoms with Crippen LogP contribution in [-0.4, -0.2) is 53.8 Å². The zero-order valence-corrected chi connectivity index (χ0v) is 17.3. The summed E-state index contributed by atoms with van der Waals surface area (Å²) in [4.78, 5) is 28.2. The average Bonchev–Trinajstić information content (AvgIpc) is 2.70. The highest BCUT2D eigenvalue weighted by Crippen LogP contribution is 2.20. The van der Waals surface area contributed by atoms with Gasteiger partial charge in [-0.15, -0.1) is 0 Å². The molecule has 1 atom stereocenters. The minimum Gasteiger partial charge on any atom is -0.481 e. The molecule has 0 bridgehead atoms. The van der Waals surface area contributed by atoms with Gasteiger partial charge in [-0.1, -0.05) is 29.8 Å². The monoisotopic (exact) mass is 418 g/mol. The van der Waals surface area contributed by atoms with Crippen molar-refractivity contribution in [3.05, 3.63) is 64.4 Å². The summed E-state index contributed by atoms with van der Waals surface area (Å²) in [6, 6.07) is 11.3. The summed E-state index contributed by atoms with van der Waals surface area (Å²) in [6.45, 7) is 6.39. The lowest BCUT2D eigenvalue weighted by atomic mass is 10.1. The number of halogens is 2. The summed E-state index contributed by atoms with van der Waals surface area (Å²) in [5.41, 5.74) is 1.42. The van der Waals surface area contributed by atoms with Crippen LogP contribution in [0, 0.1) is 5.82 Å². The van der Waals surface area contributed by atoms with E-state index in [2.05, 4.69) is 4.90 Å². The molecule has 1 fully saturated rings. The number of Topliss-reactive ketones (excluding diaryl/α,β-unsaturated/α-hetero) is 1. The molecule has 0 aromatic heterocycles. The minimum atomic E-state index is -0.643. The van der Waals surface area contributed by atoms with Crippen LogP contribution >= 0.6 is 11.6 Å². The summed E-state index contributed by atoms with van der Waals surface area (Å²) < 4.78 is 18.9. The van der Waals surface area contributed by atoms with Crippen LogP contribution in [0.4, 0.5) is 4.39 Å². The van der Waals surface area contributed by atoms with Crippen LogP contribution in [0.3, 0.4) is 0 Å². The second-order valence-electron chi connectivity index (χ2n) is 7.18. The zero-order valence-electron chi connectivity index (χ0n) is 16.5. The molecule has 7 heteroatoms. The largest absolute Gasteiger partial charge is 0.481 e. The first-order valence-corrected chi connectivity index (χ1v) is 9.94. The van der Waals surface area contributed by atoms with Crippen LogP contribution in [0.5, 0.6) is 5.75 Å². The molecule has 1 saturated heterocycles. The van der Waals surface area contributed by atoms with Gasteiger partial charge in [0.05, 0.1) is 0 Å². The first-order chi connectivity index (χ1) is 13.8. The number of carbonyl (C=O) groups excluding carboxylic acids is 2. The van der Waals surface area contributed by atoms with Gasteiger partial charge in [0.2, 0.25) is 0 Å². The first-order valence-electron chi connectivity index (χ1n) is 9.56. The zero-order chi connectivity index (χ0) is 21.0. The Morgan fingerprint density at radius 1 is 1.14 bits per heavy atom. The van der Waals surface area contributed by atoms with E-state index in [0.717, 1.165) is 5.56 Å². The number of ketones is 1. The summed E-state index contributed by atoms with van der Waals surface area (Å²) >= 11 is 6.11. The van der Waals surface area contributed by atoms with Gasteiger partial charge in [0.1, 0.15) is 11.6 Å². The maximum atomic E-state index is 13.2. The number of carbonyl (C=O) groups is 2. The van der Waals surface area contributed by atoms with E-state index in [1.807, 2.05) is 0 Å². The Bertz CT molecular complexity index is 897. The van der Waals surface area contributed by atoms with Gasteiger partial charge in [0.25, 0.3) is 5.91 Å². The lowest BCUT2D eigenvalue weighted by Crippen LogP contribution is -2.51. The topological polar surface area (TPSA) is 49.9 Å². The van der Waals surface area contributed by atoms with Gasteiger partial charge >= 0.3 is 0 Å². The molecule has 3 rings (SSSR count). The maximum Gasteiger partial charge on any atom is 0.263 e. The number of rotatable bonds is 6. The first kappa shape index (κ1) is 21.3. The summed E-state index contributed by atoms with van der Waals surface area (Å²) in [7, 11) is 0. The molecule has 0 N–H and O–H groups in total. The van der Waals surface area contributed by atoms with Crippen molar-refractivity contribution in [1.82, 2.24) is 9.80 Å². The van der Waals surface area contributed by atoms with Crippen LogP contribution < -0.4 is 4.74 Å². The fourth-order valence-electron chi connectivity index (χ4n) is 3.32. The van der Waals surface area contributed by atoms with Gasteiger partial charge in [-0.05, 0) is 43.7 Å². The van der Waals surface area contributed by atoms with E-state index in [0.29, 0.717) is 49.1 Å². The van der Waals surface area contributed by atoms with Crippen molar-refractivity contribution >= 4 is 23.3 Å². The number of amides is 1. The van der Waals surface area contributed by atoms with Crippen LogP contribution in [0.1, 0.15) is 29.8 Å². The van der Waals surface area contributed by atoms with Crippen molar-refractivity contribution in [3.63, 3.8) is 0 Å².